The molecule has 0 aromatic heterocycles. The van der Waals surface area contributed by atoms with Gasteiger partial charge in [-0.15, -0.1) is 0 Å². The van der Waals surface area contributed by atoms with Crippen molar-refractivity contribution in [1.29, 1.82) is 0 Å². The summed E-state index contributed by atoms with van der Waals surface area (Å²) >= 11 is 0. The summed E-state index contributed by atoms with van der Waals surface area (Å²) in [5, 5.41) is 10.3. The van der Waals surface area contributed by atoms with Crippen molar-refractivity contribution >= 4 is 5.78 Å². The van der Waals surface area contributed by atoms with E-state index in [2.05, 4.69) is 6.92 Å². The fourth-order valence-corrected chi connectivity index (χ4v) is 5.12. The third-order valence-electron chi connectivity index (χ3n) is 5.82. The van der Waals surface area contributed by atoms with Gasteiger partial charge in [0.25, 0.3) is 0 Å². The molecule has 90 valence electrons. The molecule has 0 aliphatic heterocycles. The van der Waals surface area contributed by atoms with E-state index >= 15 is 0 Å². The molecule has 4 rings (SSSR count). The number of hydrogen-bond acceptors (Lipinski definition) is 2. The molecule has 0 aromatic carbocycles. The predicted octanol–water partition coefficient (Wildman–Crippen LogP) is 2.40. The molecule has 0 aromatic rings. The lowest BCUT2D eigenvalue weighted by atomic mass is 9.34. The second kappa shape index (κ2) is 2.90. The third-order valence-corrected chi connectivity index (χ3v) is 5.82. The van der Waals surface area contributed by atoms with Gasteiger partial charge in [-0.05, 0) is 56.3 Å². The highest BCUT2D eigenvalue weighted by atomic mass is 16.3. The molecule has 5 unspecified atom stereocenters. The molecule has 4 aliphatic carbocycles. The Morgan fingerprint density at radius 2 is 2.06 bits per heavy atom. The van der Waals surface area contributed by atoms with Gasteiger partial charge < -0.3 is 5.11 Å². The van der Waals surface area contributed by atoms with Crippen molar-refractivity contribution in [2.45, 2.75) is 52.1 Å². The molecule has 0 amide bonds. The van der Waals surface area contributed by atoms with Crippen molar-refractivity contribution in [3.63, 3.8) is 0 Å². The third kappa shape index (κ3) is 1.09. The van der Waals surface area contributed by atoms with Crippen molar-refractivity contribution in [2.75, 3.05) is 0 Å². The molecule has 0 heterocycles. The van der Waals surface area contributed by atoms with Crippen LogP contribution in [0.4, 0.5) is 0 Å². The van der Waals surface area contributed by atoms with Crippen LogP contribution in [0.25, 0.3) is 0 Å². The van der Waals surface area contributed by atoms with Crippen LogP contribution in [0, 0.1) is 29.1 Å². The zero-order valence-corrected chi connectivity index (χ0v) is 10.5. The number of fused-ring (bicyclic) bond motifs is 2. The minimum Gasteiger partial charge on any atom is -0.390 e. The molecule has 0 saturated heterocycles. The zero-order valence-electron chi connectivity index (χ0n) is 10.5. The Bertz CT molecular complexity index is 341. The summed E-state index contributed by atoms with van der Waals surface area (Å²) < 4.78 is 0. The lowest BCUT2D eigenvalue weighted by Crippen LogP contribution is -2.69. The summed E-state index contributed by atoms with van der Waals surface area (Å²) in [6, 6.07) is 0. The van der Waals surface area contributed by atoms with Crippen LogP contribution in [0.3, 0.4) is 0 Å². The van der Waals surface area contributed by atoms with E-state index in [1.54, 1.807) is 0 Å². The van der Waals surface area contributed by atoms with Gasteiger partial charge in [0.05, 0.1) is 5.60 Å². The summed E-state index contributed by atoms with van der Waals surface area (Å²) in [7, 11) is 0. The number of Topliss-reactive ketones (excluding diaryl/α,β-unsaturated/α-hetero) is 1. The van der Waals surface area contributed by atoms with Crippen LogP contribution < -0.4 is 0 Å². The number of ketones is 1. The quantitative estimate of drug-likeness (QED) is 0.739. The van der Waals surface area contributed by atoms with Crippen molar-refractivity contribution in [2.24, 2.45) is 29.1 Å². The average Bonchev–Trinajstić information content (AvgIpc) is 2.16. The van der Waals surface area contributed by atoms with Gasteiger partial charge in [0, 0.05) is 12.3 Å². The number of rotatable bonds is 1. The molecule has 4 bridgehead atoms. The Kier molecular flexibility index (Phi) is 1.95. The highest BCUT2D eigenvalue weighted by molar-refractivity contribution is 5.85. The molecule has 0 spiro atoms. The number of hydrogen-bond donors (Lipinski definition) is 1. The van der Waals surface area contributed by atoms with Crippen molar-refractivity contribution in [3.8, 4) is 0 Å². The molecular weight excluding hydrogens is 200 g/mol. The standard InChI is InChI=1S/C14H22O2/c1-13(2,16)8-6-7-14(3)9-4-5-10(15)12(14)11(8)9/h8-9,11-12,16H,4-7H2,1-3H3. The molecular formula is C14H22O2. The number of aliphatic hydroxyl groups is 1. The van der Waals surface area contributed by atoms with Crippen molar-refractivity contribution in [3.05, 3.63) is 0 Å². The van der Waals surface area contributed by atoms with Gasteiger partial charge in [-0.3, -0.25) is 4.79 Å². The van der Waals surface area contributed by atoms with E-state index in [-0.39, 0.29) is 5.92 Å². The van der Waals surface area contributed by atoms with Crippen LogP contribution in [-0.4, -0.2) is 16.5 Å². The van der Waals surface area contributed by atoms with Gasteiger partial charge in [-0.2, -0.15) is 0 Å². The van der Waals surface area contributed by atoms with Gasteiger partial charge >= 0.3 is 0 Å². The number of carbonyl (C=O) groups is 1. The first-order chi connectivity index (χ1) is 7.36. The zero-order chi connectivity index (χ0) is 11.7. The van der Waals surface area contributed by atoms with Crippen molar-refractivity contribution in [1.82, 2.24) is 0 Å². The normalized spacial score (nSPS) is 51.1. The molecule has 2 nitrogen and oxygen atoms in total. The van der Waals surface area contributed by atoms with E-state index in [4.69, 9.17) is 0 Å². The minimum atomic E-state index is -0.611. The first-order valence-electron chi connectivity index (χ1n) is 6.61. The largest absolute Gasteiger partial charge is 0.390 e. The van der Waals surface area contributed by atoms with Gasteiger partial charge in [0.2, 0.25) is 0 Å². The van der Waals surface area contributed by atoms with E-state index in [0.717, 1.165) is 25.7 Å². The van der Waals surface area contributed by atoms with Gasteiger partial charge in [0.1, 0.15) is 5.78 Å². The second-order valence-electron chi connectivity index (χ2n) is 6.97. The van der Waals surface area contributed by atoms with Crippen LogP contribution in [0.1, 0.15) is 46.5 Å². The predicted molar refractivity (Wildman–Crippen MR) is 61.8 cm³/mol. The Labute approximate surface area is 97.4 Å². The van der Waals surface area contributed by atoms with E-state index in [1.165, 1.54) is 0 Å². The van der Waals surface area contributed by atoms with Crippen LogP contribution >= 0.6 is 0 Å². The second-order valence-corrected chi connectivity index (χ2v) is 6.97. The molecule has 4 aliphatic rings. The summed E-state index contributed by atoms with van der Waals surface area (Å²) in [5.41, 5.74) is -0.317. The van der Waals surface area contributed by atoms with E-state index in [1.807, 2.05) is 13.8 Å². The highest BCUT2D eigenvalue weighted by Crippen LogP contribution is 2.71. The molecule has 0 radical (unpaired) electrons. The fourth-order valence-electron chi connectivity index (χ4n) is 5.12. The van der Waals surface area contributed by atoms with Crippen LogP contribution in [0.5, 0.6) is 0 Å². The van der Waals surface area contributed by atoms with Crippen LogP contribution in [0.2, 0.25) is 0 Å². The van der Waals surface area contributed by atoms with E-state index in [9.17, 15) is 9.90 Å². The number of carbonyl (C=O) groups excluding carboxylic acids is 1. The smallest absolute Gasteiger partial charge is 0.136 e. The SMILES string of the molecule is CC(C)(O)C1CCC2(C)C3CCC(=O)C2C13. The van der Waals surface area contributed by atoms with Crippen LogP contribution in [0.15, 0.2) is 0 Å². The Morgan fingerprint density at radius 3 is 2.62 bits per heavy atom. The lowest BCUT2D eigenvalue weighted by Gasteiger charge is -2.70. The summed E-state index contributed by atoms with van der Waals surface area (Å²) in [5.74, 6) is 2.29. The highest BCUT2D eigenvalue weighted by Gasteiger charge is 2.69. The van der Waals surface area contributed by atoms with Gasteiger partial charge in [-0.25, -0.2) is 0 Å². The topological polar surface area (TPSA) is 37.3 Å². The Balaban J connectivity index is 1.94. The fraction of sp³-hybridized carbons (Fsp3) is 0.929. The maximum absolute atomic E-state index is 12.0. The van der Waals surface area contributed by atoms with Gasteiger partial charge in [0.15, 0.2) is 0 Å². The first kappa shape index (κ1) is 10.8. The van der Waals surface area contributed by atoms with Gasteiger partial charge in [-0.1, -0.05) is 6.92 Å². The Hall–Kier alpha value is -0.370. The van der Waals surface area contributed by atoms with E-state index < -0.39 is 5.60 Å². The Morgan fingerprint density at radius 1 is 1.38 bits per heavy atom. The van der Waals surface area contributed by atoms with E-state index in [0.29, 0.717) is 29.0 Å². The first-order valence-corrected chi connectivity index (χ1v) is 6.61. The average molecular weight is 222 g/mol. The van der Waals surface area contributed by atoms with Crippen LogP contribution in [-0.2, 0) is 4.79 Å². The van der Waals surface area contributed by atoms with Crippen molar-refractivity contribution < 1.29 is 9.90 Å². The summed E-state index contributed by atoms with van der Waals surface area (Å²) in [6.45, 7) is 6.13. The monoisotopic (exact) mass is 222 g/mol. The summed E-state index contributed by atoms with van der Waals surface area (Å²) in [6.07, 6.45) is 4.10. The molecule has 2 heteroatoms. The summed E-state index contributed by atoms with van der Waals surface area (Å²) in [4.78, 5) is 12.0. The molecule has 1 N–H and O–H groups in total. The molecule has 16 heavy (non-hydrogen) atoms. The lowest BCUT2D eigenvalue weighted by molar-refractivity contribution is -0.230. The molecule has 4 saturated carbocycles. The maximum atomic E-state index is 12.0. The maximum Gasteiger partial charge on any atom is 0.136 e. The molecule has 5 atom stereocenters. The molecule has 4 fully saturated rings. The minimum absolute atomic E-state index is 0.274.